The van der Waals surface area contributed by atoms with Crippen molar-refractivity contribution in [3.8, 4) is 0 Å². The van der Waals surface area contributed by atoms with E-state index in [2.05, 4.69) is 4.90 Å². The highest BCUT2D eigenvalue weighted by Crippen LogP contribution is 2.33. The molecule has 1 unspecified atom stereocenters. The van der Waals surface area contributed by atoms with Gasteiger partial charge in [-0.05, 0) is 25.7 Å². The number of carbonyl (C=O) groups excluding carboxylic acids is 1. The maximum Gasteiger partial charge on any atom is 0.236 e. The van der Waals surface area contributed by atoms with E-state index in [9.17, 15) is 4.79 Å². The first kappa shape index (κ1) is 7.80. The number of rotatable bonds is 1. The third kappa shape index (κ3) is 1.26. The van der Waals surface area contributed by atoms with Crippen molar-refractivity contribution in [2.24, 2.45) is 0 Å². The number of hydrogen-bond donors (Lipinski definition) is 0. The third-order valence-corrected chi connectivity index (χ3v) is 3.55. The Labute approximate surface area is 78.7 Å². The number of piperazine rings is 1. The summed E-state index contributed by atoms with van der Waals surface area (Å²) in [7, 11) is 0. The van der Waals surface area contributed by atoms with Crippen LogP contribution in [-0.4, -0.2) is 47.4 Å². The summed E-state index contributed by atoms with van der Waals surface area (Å²) in [5.41, 5.74) is 0. The highest BCUT2D eigenvalue weighted by molar-refractivity contribution is 5.79. The lowest BCUT2D eigenvalue weighted by molar-refractivity contribution is -0.141. The fraction of sp³-hybridized carbons (Fsp3) is 0.900. The summed E-state index contributed by atoms with van der Waals surface area (Å²) in [4.78, 5) is 16.1. The molecule has 3 nitrogen and oxygen atoms in total. The Hall–Kier alpha value is -0.570. The number of carbonyl (C=O) groups is 1. The topological polar surface area (TPSA) is 23.6 Å². The minimum Gasteiger partial charge on any atom is -0.340 e. The zero-order valence-electron chi connectivity index (χ0n) is 7.91. The second kappa shape index (κ2) is 2.71. The van der Waals surface area contributed by atoms with Crippen LogP contribution in [0.5, 0.6) is 0 Å². The molecule has 0 radical (unpaired) electrons. The van der Waals surface area contributed by atoms with E-state index in [-0.39, 0.29) is 0 Å². The first-order chi connectivity index (χ1) is 6.34. The molecule has 3 rings (SSSR count). The molecule has 2 bridgehead atoms. The van der Waals surface area contributed by atoms with Crippen molar-refractivity contribution >= 4 is 5.91 Å². The molecular weight excluding hydrogens is 164 g/mol. The Morgan fingerprint density at radius 2 is 2.00 bits per heavy atom. The third-order valence-electron chi connectivity index (χ3n) is 3.55. The second-order valence-corrected chi connectivity index (χ2v) is 4.54. The molecule has 3 heteroatoms. The summed E-state index contributed by atoms with van der Waals surface area (Å²) in [6, 6.07) is 1.45. The molecule has 1 atom stereocenters. The Balaban J connectivity index is 1.78. The molecular formula is C10H16N2O. The van der Waals surface area contributed by atoms with Crippen LogP contribution in [-0.2, 0) is 4.79 Å². The molecule has 3 fully saturated rings. The summed E-state index contributed by atoms with van der Waals surface area (Å²) >= 11 is 0. The molecule has 0 aromatic rings. The summed E-state index contributed by atoms with van der Waals surface area (Å²) in [6.07, 6.45) is 5.16. The standard InChI is InChI=1S/C10H16N2O/c13-10-7-12(8-3-4-8)9-2-1-5-11(10)6-9/h8-9H,1-7H2. The monoisotopic (exact) mass is 180 g/mol. The van der Waals surface area contributed by atoms with E-state index in [0.29, 0.717) is 18.5 Å². The molecule has 2 aliphatic heterocycles. The van der Waals surface area contributed by atoms with Crippen molar-refractivity contribution in [3.63, 3.8) is 0 Å². The average molecular weight is 180 g/mol. The van der Waals surface area contributed by atoms with E-state index >= 15 is 0 Å². The van der Waals surface area contributed by atoms with Crippen molar-refractivity contribution in [1.82, 2.24) is 9.80 Å². The molecule has 3 aliphatic rings. The van der Waals surface area contributed by atoms with Gasteiger partial charge in [0.05, 0.1) is 6.54 Å². The molecule has 0 aromatic heterocycles. The minimum absolute atomic E-state index is 0.364. The fourth-order valence-corrected chi connectivity index (χ4v) is 2.67. The Kier molecular flexibility index (Phi) is 1.62. The van der Waals surface area contributed by atoms with Gasteiger partial charge in [0.2, 0.25) is 5.91 Å². The van der Waals surface area contributed by atoms with E-state index in [0.717, 1.165) is 19.1 Å². The van der Waals surface area contributed by atoms with Crippen LogP contribution < -0.4 is 0 Å². The van der Waals surface area contributed by atoms with E-state index in [4.69, 9.17) is 0 Å². The molecule has 13 heavy (non-hydrogen) atoms. The van der Waals surface area contributed by atoms with Gasteiger partial charge in [0.25, 0.3) is 0 Å². The Morgan fingerprint density at radius 1 is 1.15 bits per heavy atom. The van der Waals surface area contributed by atoms with Gasteiger partial charge in [-0.15, -0.1) is 0 Å². The van der Waals surface area contributed by atoms with E-state index in [1.54, 1.807) is 0 Å². The first-order valence-corrected chi connectivity index (χ1v) is 5.38. The van der Waals surface area contributed by atoms with Crippen LogP contribution in [0.3, 0.4) is 0 Å². The van der Waals surface area contributed by atoms with Gasteiger partial charge in [-0.25, -0.2) is 0 Å². The first-order valence-electron chi connectivity index (χ1n) is 5.38. The lowest BCUT2D eigenvalue weighted by atomic mass is 10.0. The van der Waals surface area contributed by atoms with Crippen molar-refractivity contribution in [2.75, 3.05) is 19.6 Å². The summed E-state index contributed by atoms with van der Waals surface area (Å²) < 4.78 is 0. The van der Waals surface area contributed by atoms with Gasteiger partial charge < -0.3 is 4.90 Å². The SMILES string of the molecule is O=C1CN(C2CC2)C2CCCN1C2. The van der Waals surface area contributed by atoms with E-state index in [1.807, 2.05) is 4.90 Å². The van der Waals surface area contributed by atoms with Crippen molar-refractivity contribution in [2.45, 2.75) is 37.8 Å². The average Bonchev–Trinajstić information content (AvgIpc) is 2.96. The van der Waals surface area contributed by atoms with Gasteiger partial charge >= 0.3 is 0 Å². The molecule has 72 valence electrons. The van der Waals surface area contributed by atoms with Crippen LogP contribution in [0, 0.1) is 0 Å². The Bertz CT molecular complexity index is 237. The van der Waals surface area contributed by atoms with Crippen LogP contribution in [0.2, 0.25) is 0 Å². The van der Waals surface area contributed by atoms with Gasteiger partial charge in [0, 0.05) is 25.2 Å². The normalized spacial score (nSPS) is 35.2. The van der Waals surface area contributed by atoms with Crippen LogP contribution in [0.1, 0.15) is 25.7 Å². The van der Waals surface area contributed by atoms with Crippen LogP contribution in [0.15, 0.2) is 0 Å². The summed E-state index contributed by atoms with van der Waals surface area (Å²) in [5.74, 6) is 0.364. The van der Waals surface area contributed by atoms with Crippen LogP contribution >= 0.6 is 0 Å². The minimum atomic E-state index is 0.364. The molecule has 2 saturated heterocycles. The molecule has 2 heterocycles. The maximum absolute atomic E-state index is 11.6. The maximum atomic E-state index is 11.6. The largest absolute Gasteiger partial charge is 0.340 e. The highest BCUT2D eigenvalue weighted by Gasteiger charge is 2.41. The van der Waals surface area contributed by atoms with Crippen molar-refractivity contribution < 1.29 is 4.79 Å². The van der Waals surface area contributed by atoms with E-state index in [1.165, 1.54) is 25.7 Å². The molecule has 1 aliphatic carbocycles. The van der Waals surface area contributed by atoms with Crippen LogP contribution in [0.4, 0.5) is 0 Å². The predicted octanol–water partition coefficient (Wildman–Crippen LogP) is 0.455. The highest BCUT2D eigenvalue weighted by atomic mass is 16.2. The second-order valence-electron chi connectivity index (χ2n) is 4.54. The van der Waals surface area contributed by atoms with Crippen LogP contribution in [0.25, 0.3) is 0 Å². The number of piperidine rings is 1. The van der Waals surface area contributed by atoms with Gasteiger partial charge in [-0.2, -0.15) is 0 Å². The lowest BCUT2D eigenvalue weighted by Crippen LogP contribution is -2.59. The van der Waals surface area contributed by atoms with E-state index < -0.39 is 0 Å². The van der Waals surface area contributed by atoms with Gasteiger partial charge in [-0.3, -0.25) is 9.69 Å². The van der Waals surface area contributed by atoms with Gasteiger partial charge in [0.15, 0.2) is 0 Å². The summed E-state index contributed by atoms with van der Waals surface area (Å²) in [5, 5.41) is 0. The molecule has 0 N–H and O–H groups in total. The number of nitrogens with zero attached hydrogens (tertiary/aromatic N) is 2. The van der Waals surface area contributed by atoms with Gasteiger partial charge in [-0.1, -0.05) is 0 Å². The smallest absolute Gasteiger partial charge is 0.236 e. The zero-order chi connectivity index (χ0) is 8.84. The molecule has 1 saturated carbocycles. The van der Waals surface area contributed by atoms with Crippen molar-refractivity contribution in [1.29, 1.82) is 0 Å². The van der Waals surface area contributed by atoms with Gasteiger partial charge in [0.1, 0.15) is 0 Å². The molecule has 0 aromatic carbocycles. The quantitative estimate of drug-likeness (QED) is 0.585. The summed E-state index contributed by atoms with van der Waals surface area (Å²) in [6.45, 7) is 2.72. The number of hydrogen-bond acceptors (Lipinski definition) is 2. The Morgan fingerprint density at radius 3 is 2.77 bits per heavy atom. The van der Waals surface area contributed by atoms with Crippen molar-refractivity contribution in [3.05, 3.63) is 0 Å². The fourth-order valence-electron chi connectivity index (χ4n) is 2.67. The molecule has 1 amide bonds. The number of amides is 1. The predicted molar refractivity (Wildman–Crippen MR) is 49.3 cm³/mol. The zero-order valence-corrected chi connectivity index (χ0v) is 7.91. The molecule has 0 spiro atoms. The number of fused-ring (bicyclic) bond motifs is 2. The lowest BCUT2D eigenvalue weighted by Gasteiger charge is -2.44.